The fourth-order valence-corrected chi connectivity index (χ4v) is 4.37. The van der Waals surface area contributed by atoms with Gasteiger partial charge in [0.25, 0.3) is 0 Å². The number of anilines is 1. The van der Waals surface area contributed by atoms with Crippen molar-refractivity contribution < 1.29 is 4.79 Å². The number of aryl methyl sites for hydroxylation is 2. The molecule has 2 aromatic rings. The Bertz CT molecular complexity index is 793. The number of hydrogen-bond acceptors (Lipinski definition) is 2. The van der Waals surface area contributed by atoms with E-state index in [2.05, 4.69) is 64.2 Å². The molecule has 0 unspecified atom stereocenters. The number of benzene rings is 2. The Morgan fingerprint density at radius 2 is 1.77 bits per heavy atom. The molecule has 2 amide bonds. The van der Waals surface area contributed by atoms with Crippen LogP contribution in [0.3, 0.4) is 0 Å². The molecule has 1 heterocycles. The average Bonchev–Trinajstić information content (AvgIpc) is 3.07. The third kappa shape index (κ3) is 4.07. The molecule has 1 atom stereocenters. The van der Waals surface area contributed by atoms with E-state index in [0.717, 1.165) is 18.0 Å². The van der Waals surface area contributed by atoms with Crippen molar-refractivity contribution in [1.82, 2.24) is 4.90 Å². The molecule has 0 aromatic heterocycles. The lowest BCUT2D eigenvalue weighted by atomic mass is 9.87. The van der Waals surface area contributed by atoms with Gasteiger partial charge in [0.2, 0.25) is 0 Å². The highest BCUT2D eigenvalue weighted by Crippen LogP contribution is 2.39. The first-order valence-electron chi connectivity index (χ1n) is 9.12. The quantitative estimate of drug-likeness (QED) is 0.718. The molecule has 1 aliphatic rings. The monoisotopic (exact) mass is 368 g/mol. The predicted molar refractivity (Wildman–Crippen MR) is 112 cm³/mol. The van der Waals surface area contributed by atoms with Crippen molar-refractivity contribution in [3.63, 3.8) is 0 Å². The smallest absolute Gasteiger partial charge is 0.308 e. The molecule has 26 heavy (non-hydrogen) atoms. The van der Waals surface area contributed by atoms with E-state index in [1.165, 1.54) is 22.3 Å². The van der Waals surface area contributed by atoms with Crippen LogP contribution in [0.2, 0.25) is 0 Å². The summed E-state index contributed by atoms with van der Waals surface area (Å²) < 4.78 is 0. The minimum Gasteiger partial charge on any atom is -0.308 e. The maximum Gasteiger partial charge on any atom is 0.323 e. The highest BCUT2D eigenvalue weighted by Gasteiger charge is 2.31. The molecule has 2 aromatic carbocycles. The molecule has 4 heteroatoms. The number of carbonyl (C=O) groups is 1. The van der Waals surface area contributed by atoms with E-state index in [9.17, 15) is 4.79 Å². The van der Waals surface area contributed by atoms with Crippen molar-refractivity contribution >= 4 is 23.5 Å². The first-order chi connectivity index (χ1) is 12.3. The van der Waals surface area contributed by atoms with Crippen molar-refractivity contribution in [2.75, 3.05) is 17.6 Å². The highest BCUT2D eigenvalue weighted by atomic mass is 32.2. The summed E-state index contributed by atoms with van der Waals surface area (Å²) >= 11 is 1.83. The van der Waals surface area contributed by atoms with Gasteiger partial charge in [-0.15, -0.1) is 11.8 Å². The zero-order chi connectivity index (χ0) is 18.9. The zero-order valence-electron chi connectivity index (χ0n) is 16.3. The lowest BCUT2D eigenvalue weighted by Crippen LogP contribution is -2.34. The van der Waals surface area contributed by atoms with Crippen LogP contribution in [0.25, 0.3) is 0 Å². The maximum atomic E-state index is 12.8. The van der Waals surface area contributed by atoms with Crippen molar-refractivity contribution in [3.05, 3.63) is 64.7 Å². The summed E-state index contributed by atoms with van der Waals surface area (Å²) in [5.74, 6) is 0.964. The fraction of sp³-hybridized carbons (Fsp3) is 0.409. The second-order valence-electron chi connectivity index (χ2n) is 8.02. The summed E-state index contributed by atoms with van der Waals surface area (Å²) in [6, 6.07) is 14.7. The van der Waals surface area contributed by atoms with E-state index in [4.69, 9.17) is 0 Å². The van der Waals surface area contributed by atoms with Crippen LogP contribution < -0.4 is 5.32 Å². The van der Waals surface area contributed by atoms with E-state index in [1.807, 2.05) is 34.9 Å². The maximum absolute atomic E-state index is 12.8. The average molecular weight is 369 g/mol. The van der Waals surface area contributed by atoms with Crippen LogP contribution in [0.5, 0.6) is 0 Å². The van der Waals surface area contributed by atoms with Gasteiger partial charge >= 0.3 is 6.03 Å². The van der Waals surface area contributed by atoms with E-state index < -0.39 is 0 Å². The van der Waals surface area contributed by atoms with Gasteiger partial charge in [-0.05, 0) is 53.6 Å². The van der Waals surface area contributed by atoms with Crippen LogP contribution >= 0.6 is 11.8 Å². The van der Waals surface area contributed by atoms with Gasteiger partial charge in [0.15, 0.2) is 0 Å². The Hall–Kier alpha value is -1.94. The van der Waals surface area contributed by atoms with Crippen molar-refractivity contribution in [2.24, 2.45) is 0 Å². The number of rotatable bonds is 2. The molecule has 1 saturated heterocycles. The van der Waals surface area contributed by atoms with Crippen LogP contribution in [0.15, 0.2) is 42.5 Å². The van der Waals surface area contributed by atoms with Crippen LogP contribution in [0, 0.1) is 13.8 Å². The highest BCUT2D eigenvalue weighted by molar-refractivity contribution is 7.99. The van der Waals surface area contributed by atoms with Crippen LogP contribution in [0.1, 0.15) is 48.4 Å². The predicted octanol–water partition coefficient (Wildman–Crippen LogP) is 5.88. The Morgan fingerprint density at radius 3 is 2.38 bits per heavy atom. The van der Waals surface area contributed by atoms with E-state index in [0.29, 0.717) is 0 Å². The van der Waals surface area contributed by atoms with Gasteiger partial charge in [-0.2, -0.15) is 0 Å². The van der Waals surface area contributed by atoms with E-state index in [1.54, 1.807) is 0 Å². The Labute approximate surface area is 161 Å². The van der Waals surface area contributed by atoms with Gasteiger partial charge in [-0.3, -0.25) is 0 Å². The van der Waals surface area contributed by atoms with Crippen molar-refractivity contribution in [3.8, 4) is 0 Å². The van der Waals surface area contributed by atoms with Gasteiger partial charge in [-0.25, -0.2) is 4.79 Å². The number of carbonyl (C=O) groups excluding carboxylic acids is 1. The molecule has 1 fully saturated rings. The summed E-state index contributed by atoms with van der Waals surface area (Å²) in [4.78, 5) is 14.8. The minimum atomic E-state index is -0.0249. The number of urea groups is 1. The fourth-order valence-electron chi connectivity index (χ4n) is 3.12. The second kappa shape index (κ2) is 7.36. The molecule has 3 nitrogen and oxygen atoms in total. The number of hydrogen-bond donors (Lipinski definition) is 1. The summed E-state index contributed by atoms with van der Waals surface area (Å²) in [6.45, 7) is 11.6. The van der Waals surface area contributed by atoms with Crippen LogP contribution in [0.4, 0.5) is 10.5 Å². The Morgan fingerprint density at radius 1 is 1.08 bits per heavy atom. The minimum absolute atomic E-state index is 0.0249. The molecule has 0 radical (unpaired) electrons. The van der Waals surface area contributed by atoms with Crippen molar-refractivity contribution in [2.45, 2.75) is 45.4 Å². The number of amides is 2. The molecule has 0 saturated carbocycles. The summed E-state index contributed by atoms with van der Waals surface area (Å²) in [5.41, 5.74) is 5.93. The second-order valence-corrected chi connectivity index (χ2v) is 9.21. The van der Waals surface area contributed by atoms with Gasteiger partial charge in [-0.1, -0.05) is 51.1 Å². The van der Waals surface area contributed by atoms with E-state index in [-0.39, 0.29) is 16.8 Å². The number of thioether (sulfide) groups is 1. The van der Waals surface area contributed by atoms with Crippen molar-refractivity contribution in [1.29, 1.82) is 0 Å². The topological polar surface area (TPSA) is 32.3 Å². The largest absolute Gasteiger partial charge is 0.323 e. The molecule has 3 rings (SSSR count). The standard InChI is InChI=1S/C22H28N2OS/c1-15-6-11-19(14-16(15)2)23-21(25)24-12-13-26-20(24)17-7-9-18(10-8-17)22(3,4)5/h6-11,14,20H,12-13H2,1-5H3,(H,23,25)/t20-/m0/s1. The summed E-state index contributed by atoms with van der Waals surface area (Å²) in [7, 11) is 0. The van der Waals surface area contributed by atoms with Gasteiger partial charge < -0.3 is 10.2 Å². The molecule has 0 bridgehead atoms. The lowest BCUT2D eigenvalue weighted by molar-refractivity contribution is 0.214. The third-order valence-corrected chi connectivity index (χ3v) is 6.23. The van der Waals surface area contributed by atoms with Gasteiger partial charge in [0, 0.05) is 18.0 Å². The normalized spacial score (nSPS) is 17.4. The van der Waals surface area contributed by atoms with Gasteiger partial charge in [0.1, 0.15) is 5.37 Å². The molecule has 1 aliphatic heterocycles. The van der Waals surface area contributed by atoms with Crippen LogP contribution in [-0.4, -0.2) is 23.2 Å². The molecule has 138 valence electrons. The summed E-state index contributed by atoms with van der Waals surface area (Å²) in [6.07, 6.45) is 0. The third-order valence-electron chi connectivity index (χ3n) is 4.97. The summed E-state index contributed by atoms with van der Waals surface area (Å²) in [5, 5.41) is 3.14. The molecular formula is C22H28N2OS. The first kappa shape index (κ1) is 18.8. The van der Waals surface area contributed by atoms with Crippen LogP contribution in [-0.2, 0) is 5.41 Å². The zero-order valence-corrected chi connectivity index (χ0v) is 17.1. The Kier molecular flexibility index (Phi) is 5.33. The molecule has 0 spiro atoms. The van der Waals surface area contributed by atoms with Gasteiger partial charge in [0.05, 0.1) is 0 Å². The van der Waals surface area contributed by atoms with E-state index >= 15 is 0 Å². The number of nitrogens with zero attached hydrogens (tertiary/aromatic N) is 1. The Balaban J connectivity index is 1.75. The molecule has 0 aliphatic carbocycles. The number of nitrogens with one attached hydrogen (secondary N) is 1. The lowest BCUT2D eigenvalue weighted by Gasteiger charge is -2.26. The first-order valence-corrected chi connectivity index (χ1v) is 10.2. The molecular weight excluding hydrogens is 340 g/mol. The molecule has 1 N–H and O–H groups in total. The SMILES string of the molecule is Cc1ccc(NC(=O)N2CCS[C@H]2c2ccc(C(C)(C)C)cc2)cc1C.